The summed E-state index contributed by atoms with van der Waals surface area (Å²) < 4.78 is 10.5. The Kier molecular flexibility index (Phi) is 3.73. The van der Waals surface area contributed by atoms with Crippen molar-refractivity contribution in [3.63, 3.8) is 0 Å². The van der Waals surface area contributed by atoms with Gasteiger partial charge in [0.15, 0.2) is 12.2 Å². The molecule has 1 aromatic carbocycles. The van der Waals surface area contributed by atoms with Gasteiger partial charge in [0.05, 0.1) is 10.7 Å². The number of ketones is 1. The molecule has 0 atom stereocenters. The maximum Gasteiger partial charge on any atom is 0.375 e. The Hall–Kier alpha value is -2.53. The van der Waals surface area contributed by atoms with Crippen molar-refractivity contribution in [3.05, 3.63) is 58.6 Å². The Labute approximate surface area is 130 Å². The first-order valence-corrected chi connectivity index (χ1v) is 6.97. The molecule has 6 heteroatoms. The van der Waals surface area contributed by atoms with Crippen LogP contribution in [0, 0.1) is 6.92 Å². The van der Waals surface area contributed by atoms with E-state index in [2.05, 4.69) is 4.98 Å². The van der Waals surface area contributed by atoms with Crippen molar-refractivity contribution < 1.29 is 18.7 Å². The van der Waals surface area contributed by atoms with E-state index in [1.54, 1.807) is 43.5 Å². The lowest BCUT2D eigenvalue weighted by Crippen LogP contribution is -2.14. The van der Waals surface area contributed by atoms with E-state index >= 15 is 0 Å². The first-order chi connectivity index (χ1) is 10.6. The number of carbonyl (C=O) groups excluding carboxylic acids is 2. The number of Topliss-reactive ketones (excluding diaryl/α,β-unsaturated/α-hetero) is 1. The van der Waals surface area contributed by atoms with Crippen molar-refractivity contribution >= 4 is 34.3 Å². The molecule has 0 radical (unpaired) electrons. The molecule has 0 fully saturated rings. The minimum absolute atomic E-state index is 0.0578. The van der Waals surface area contributed by atoms with Crippen LogP contribution in [0.3, 0.4) is 0 Å². The number of rotatable bonds is 4. The molecule has 0 unspecified atom stereocenters. The molecule has 0 bridgehead atoms. The van der Waals surface area contributed by atoms with Crippen molar-refractivity contribution in [2.75, 3.05) is 6.61 Å². The maximum atomic E-state index is 12.1. The number of H-pyrrole nitrogens is 1. The van der Waals surface area contributed by atoms with Gasteiger partial charge in [0, 0.05) is 17.1 Å². The summed E-state index contributed by atoms with van der Waals surface area (Å²) in [5, 5.41) is 1.16. The quantitative estimate of drug-likeness (QED) is 0.587. The highest BCUT2D eigenvalue weighted by atomic mass is 35.5. The lowest BCUT2D eigenvalue weighted by Gasteiger charge is -2.01. The molecule has 2 aromatic heterocycles. The number of aryl methyl sites for hydroxylation is 1. The smallest absolute Gasteiger partial charge is 0.375 e. The Morgan fingerprint density at radius 1 is 1.27 bits per heavy atom. The van der Waals surface area contributed by atoms with Gasteiger partial charge in [0.25, 0.3) is 0 Å². The predicted octanol–water partition coefficient (Wildman–Crippen LogP) is 3.76. The van der Waals surface area contributed by atoms with Gasteiger partial charge in [0.2, 0.25) is 11.5 Å². The van der Waals surface area contributed by atoms with Gasteiger partial charge >= 0.3 is 5.97 Å². The van der Waals surface area contributed by atoms with Crippen molar-refractivity contribution in [1.82, 2.24) is 4.98 Å². The molecule has 0 saturated carbocycles. The second-order valence-corrected chi connectivity index (χ2v) is 5.16. The van der Waals surface area contributed by atoms with Crippen LogP contribution in [0.4, 0.5) is 0 Å². The van der Waals surface area contributed by atoms with E-state index in [9.17, 15) is 9.59 Å². The number of esters is 1. The van der Waals surface area contributed by atoms with Crippen molar-refractivity contribution in [3.8, 4) is 0 Å². The number of nitrogens with one attached hydrogen (secondary N) is 1. The lowest BCUT2D eigenvalue weighted by atomic mass is 10.1. The molecule has 0 saturated heterocycles. The Morgan fingerprint density at radius 3 is 2.77 bits per heavy atom. The van der Waals surface area contributed by atoms with Gasteiger partial charge in [0.1, 0.15) is 0 Å². The zero-order valence-corrected chi connectivity index (χ0v) is 12.4. The van der Waals surface area contributed by atoms with E-state index in [1.807, 2.05) is 0 Å². The molecule has 3 rings (SSSR count). The second-order valence-electron chi connectivity index (χ2n) is 4.76. The van der Waals surface area contributed by atoms with Crippen molar-refractivity contribution in [2.45, 2.75) is 6.92 Å². The summed E-state index contributed by atoms with van der Waals surface area (Å²) >= 11 is 6.04. The second kappa shape index (κ2) is 5.69. The monoisotopic (exact) mass is 317 g/mol. The molecule has 3 aromatic rings. The standard InChI is InChI=1S/C16H12ClNO4/c1-9-10-4-2-5-11(17)15(10)22-14(9)16(20)21-8-13(19)12-6-3-7-18-12/h2-7,18H,8H2,1H3. The molecule has 0 amide bonds. The SMILES string of the molecule is Cc1c(C(=O)OCC(=O)c2ccc[nH]2)oc2c(Cl)cccc12. The summed E-state index contributed by atoms with van der Waals surface area (Å²) in [6, 6.07) is 8.57. The van der Waals surface area contributed by atoms with E-state index < -0.39 is 5.97 Å². The third kappa shape index (κ3) is 2.51. The van der Waals surface area contributed by atoms with E-state index in [1.165, 1.54) is 0 Å². The number of carbonyl (C=O) groups is 2. The number of ether oxygens (including phenoxy) is 1. The molecule has 1 N–H and O–H groups in total. The Morgan fingerprint density at radius 2 is 2.09 bits per heavy atom. The van der Waals surface area contributed by atoms with Gasteiger partial charge in [-0.25, -0.2) is 4.79 Å². The highest BCUT2D eigenvalue weighted by Gasteiger charge is 2.21. The summed E-state index contributed by atoms with van der Waals surface area (Å²) in [6.45, 7) is 1.38. The van der Waals surface area contributed by atoms with Crippen LogP contribution in [-0.2, 0) is 4.74 Å². The molecule has 22 heavy (non-hydrogen) atoms. The third-order valence-corrected chi connectivity index (χ3v) is 3.63. The molecule has 0 aliphatic rings. The van der Waals surface area contributed by atoms with E-state index in [0.717, 1.165) is 5.39 Å². The highest BCUT2D eigenvalue weighted by Crippen LogP contribution is 2.30. The van der Waals surface area contributed by atoms with Crippen LogP contribution in [0.15, 0.2) is 40.9 Å². The van der Waals surface area contributed by atoms with Crippen LogP contribution in [-0.4, -0.2) is 23.3 Å². The molecule has 0 aliphatic carbocycles. The number of hydrogen-bond donors (Lipinski definition) is 1. The average Bonchev–Trinajstić information content (AvgIpc) is 3.14. The van der Waals surface area contributed by atoms with E-state index in [0.29, 0.717) is 21.9 Å². The normalized spacial score (nSPS) is 10.8. The van der Waals surface area contributed by atoms with Crippen LogP contribution in [0.25, 0.3) is 11.0 Å². The van der Waals surface area contributed by atoms with Gasteiger partial charge in [-0.15, -0.1) is 0 Å². The van der Waals surface area contributed by atoms with Crippen LogP contribution < -0.4 is 0 Å². The number of halogens is 1. The topological polar surface area (TPSA) is 72.3 Å². The zero-order chi connectivity index (χ0) is 15.7. The lowest BCUT2D eigenvalue weighted by molar-refractivity contribution is 0.0444. The molecular weight excluding hydrogens is 306 g/mol. The summed E-state index contributed by atoms with van der Waals surface area (Å²) in [6.07, 6.45) is 1.63. The first kappa shape index (κ1) is 14.4. The van der Waals surface area contributed by atoms with Crippen molar-refractivity contribution in [2.24, 2.45) is 0 Å². The third-order valence-electron chi connectivity index (χ3n) is 3.33. The number of benzene rings is 1. The van der Waals surface area contributed by atoms with Gasteiger partial charge < -0.3 is 14.1 Å². The van der Waals surface area contributed by atoms with Gasteiger partial charge in [-0.2, -0.15) is 0 Å². The minimum atomic E-state index is -0.690. The average molecular weight is 318 g/mol. The van der Waals surface area contributed by atoms with Crippen LogP contribution in [0.5, 0.6) is 0 Å². The Bertz CT molecular complexity index is 849. The number of aromatic nitrogens is 1. The molecule has 5 nitrogen and oxygen atoms in total. The number of para-hydroxylation sites is 1. The summed E-state index contributed by atoms with van der Waals surface area (Å²) in [4.78, 5) is 26.7. The minimum Gasteiger partial charge on any atom is -0.451 e. The fourth-order valence-electron chi connectivity index (χ4n) is 2.18. The van der Waals surface area contributed by atoms with Crippen molar-refractivity contribution in [1.29, 1.82) is 0 Å². The number of hydrogen-bond acceptors (Lipinski definition) is 4. The molecular formula is C16H12ClNO4. The number of aromatic amines is 1. The van der Waals surface area contributed by atoms with Crippen LogP contribution in [0.2, 0.25) is 5.02 Å². The number of furan rings is 1. The summed E-state index contributed by atoms with van der Waals surface area (Å²) in [5.41, 5.74) is 1.45. The van der Waals surface area contributed by atoms with Gasteiger partial charge in [-0.1, -0.05) is 23.7 Å². The largest absolute Gasteiger partial charge is 0.451 e. The molecule has 0 spiro atoms. The first-order valence-electron chi connectivity index (χ1n) is 6.59. The van der Waals surface area contributed by atoms with E-state index in [4.69, 9.17) is 20.8 Å². The van der Waals surface area contributed by atoms with Gasteiger partial charge in [-0.05, 0) is 25.1 Å². The summed E-state index contributed by atoms with van der Waals surface area (Å²) in [5.74, 6) is -0.947. The zero-order valence-electron chi connectivity index (χ0n) is 11.7. The van der Waals surface area contributed by atoms with Gasteiger partial charge in [-0.3, -0.25) is 4.79 Å². The number of fused-ring (bicyclic) bond motifs is 1. The Balaban J connectivity index is 1.79. The summed E-state index contributed by atoms with van der Waals surface area (Å²) in [7, 11) is 0. The highest BCUT2D eigenvalue weighted by molar-refractivity contribution is 6.35. The molecule has 2 heterocycles. The fourth-order valence-corrected chi connectivity index (χ4v) is 2.39. The molecule has 0 aliphatic heterocycles. The fraction of sp³-hybridized carbons (Fsp3) is 0.125. The van der Waals surface area contributed by atoms with E-state index in [-0.39, 0.29) is 18.2 Å². The maximum absolute atomic E-state index is 12.1. The molecule has 112 valence electrons. The van der Waals surface area contributed by atoms with Crippen LogP contribution >= 0.6 is 11.6 Å². The van der Waals surface area contributed by atoms with Crippen LogP contribution in [0.1, 0.15) is 26.6 Å². The predicted molar refractivity (Wildman–Crippen MR) is 81.4 cm³/mol.